The zero-order chi connectivity index (χ0) is 8.48. The normalized spacial score (nSPS) is 10.5. The molecule has 1 rings (SSSR count). The van der Waals surface area contributed by atoms with Crippen LogP contribution in [0.3, 0.4) is 0 Å². The number of benzene rings is 1. The molecule has 0 heterocycles. The van der Waals surface area contributed by atoms with Crippen LogP contribution in [-0.2, 0) is 10.1 Å². The molecule has 0 N–H and O–H groups in total. The third kappa shape index (κ3) is 4.25. The molecule has 0 unspecified atom stereocenters. The third-order valence-corrected chi connectivity index (χ3v) is 2.41. The standard InChI is InChI=1S/C6H5BrO3S.Cs/c7-5-2-1-3-6(4-5)11(8,9)10;/h1-4H,(H,8,9,10);/q;+1/p-1. The van der Waals surface area contributed by atoms with Crippen LogP contribution in [0.15, 0.2) is 33.6 Å². The van der Waals surface area contributed by atoms with Crippen LogP contribution in [0, 0.1) is 0 Å². The van der Waals surface area contributed by atoms with Crippen LogP contribution in [0.5, 0.6) is 0 Å². The molecular weight excluding hydrogens is 365 g/mol. The molecule has 0 bridgehead atoms. The molecule has 0 fully saturated rings. The van der Waals surface area contributed by atoms with E-state index in [9.17, 15) is 13.0 Å². The molecule has 0 saturated carbocycles. The molecule has 60 valence electrons. The molecule has 0 radical (unpaired) electrons. The van der Waals surface area contributed by atoms with Crippen molar-refractivity contribution in [2.24, 2.45) is 0 Å². The Bertz CT molecular complexity index is 363. The van der Waals surface area contributed by atoms with E-state index in [1.165, 1.54) is 18.2 Å². The van der Waals surface area contributed by atoms with Gasteiger partial charge in [-0.05, 0) is 18.2 Å². The molecule has 0 aliphatic carbocycles. The number of halogens is 1. The van der Waals surface area contributed by atoms with E-state index < -0.39 is 10.1 Å². The van der Waals surface area contributed by atoms with Crippen molar-refractivity contribution in [3.63, 3.8) is 0 Å². The van der Waals surface area contributed by atoms with Gasteiger partial charge in [0.2, 0.25) is 0 Å². The van der Waals surface area contributed by atoms with Crippen molar-refractivity contribution in [2.75, 3.05) is 0 Å². The quantitative estimate of drug-likeness (QED) is 0.558. The topological polar surface area (TPSA) is 57.2 Å². The fraction of sp³-hybridized carbons (Fsp3) is 0. The van der Waals surface area contributed by atoms with Crippen molar-refractivity contribution >= 4 is 26.0 Å². The van der Waals surface area contributed by atoms with E-state index in [1.807, 2.05) is 0 Å². The van der Waals surface area contributed by atoms with Crippen molar-refractivity contribution < 1.29 is 81.9 Å². The molecule has 3 nitrogen and oxygen atoms in total. The molecule has 0 saturated heterocycles. The average Bonchev–Trinajstić information content (AvgIpc) is 1.86. The minimum atomic E-state index is -4.31. The van der Waals surface area contributed by atoms with Crippen LogP contribution in [0.4, 0.5) is 0 Å². The van der Waals surface area contributed by atoms with Crippen molar-refractivity contribution in [1.82, 2.24) is 0 Å². The summed E-state index contributed by atoms with van der Waals surface area (Å²) >= 11 is 3.05. The maximum Gasteiger partial charge on any atom is 1.00 e. The molecule has 6 heteroatoms. The summed E-state index contributed by atoms with van der Waals surface area (Å²) in [5, 5.41) is 0. The molecule has 0 aliphatic heterocycles. The first kappa shape index (κ1) is 13.7. The molecule has 0 aliphatic rings. The van der Waals surface area contributed by atoms with Gasteiger partial charge in [0.25, 0.3) is 0 Å². The van der Waals surface area contributed by atoms with Crippen LogP contribution in [0.2, 0.25) is 0 Å². The minimum absolute atomic E-state index is 0. The van der Waals surface area contributed by atoms with Gasteiger partial charge in [-0.1, -0.05) is 22.0 Å². The smallest absolute Gasteiger partial charge is 0.744 e. The Kier molecular flexibility index (Phi) is 6.28. The van der Waals surface area contributed by atoms with Crippen molar-refractivity contribution in [3.8, 4) is 0 Å². The van der Waals surface area contributed by atoms with Gasteiger partial charge in [0, 0.05) is 4.47 Å². The van der Waals surface area contributed by atoms with Crippen LogP contribution in [0.25, 0.3) is 0 Å². The Hall–Kier alpha value is 1.66. The summed E-state index contributed by atoms with van der Waals surface area (Å²) in [5.41, 5.74) is 0. The average molecular weight is 369 g/mol. The summed E-state index contributed by atoms with van der Waals surface area (Å²) in [7, 11) is -4.31. The zero-order valence-corrected chi connectivity index (χ0v) is 15.0. The number of hydrogen-bond donors (Lipinski definition) is 0. The van der Waals surface area contributed by atoms with Gasteiger partial charge in [-0.2, -0.15) is 0 Å². The summed E-state index contributed by atoms with van der Waals surface area (Å²) in [6.07, 6.45) is 0. The van der Waals surface area contributed by atoms with Crippen LogP contribution in [-0.4, -0.2) is 13.0 Å². The van der Waals surface area contributed by atoms with Gasteiger partial charge in [-0.3, -0.25) is 0 Å². The monoisotopic (exact) mass is 368 g/mol. The number of hydrogen-bond acceptors (Lipinski definition) is 3. The van der Waals surface area contributed by atoms with Crippen molar-refractivity contribution in [2.45, 2.75) is 4.90 Å². The Morgan fingerprint density at radius 2 is 1.92 bits per heavy atom. The van der Waals surface area contributed by atoms with Gasteiger partial charge < -0.3 is 4.55 Å². The van der Waals surface area contributed by atoms with Gasteiger partial charge >= 0.3 is 68.9 Å². The summed E-state index contributed by atoms with van der Waals surface area (Å²) in [6.45, 7) is 0. The van der Waals surface area contributed by atoms with E-state index in [4.69, 9.17) is 0 Å². The zero-order valence-electron chi connectivity index (χ0n) is 6.32. The molecule has 1 aromatic rings. The third-order valence-electron chi connectivity index (χ3n) is 1.08. The maximum atomic E-state index is 10.4. The van der Waals surface area contributed by atoms with Gasteiger partial charge in [0.05, 0.1) is 4.90 Å². The summed E-state index contributed by atoms with van der Waals surface area (Å²) in [5.74, 6) is 0. The fourth-order valence-electron chi connectivity index (χ4n) is 0.623. The first-order valence-electron chi connectivity index (χ1n) is 2.71. The molecule has 0 spiro atoms. The van der Waals surface area contributed by atoms with Gasteiger partial charge in [0.15, 0.2) is 0 Å². The molecule has 0 amide bonds. The van der Waals surface area contributed by atoms with E-state index in [0.29, 0.717) is 4.47 Å². The maximum absolute atomic E-state index is 10.4. The molecule has 0 atom stereocenters. The molecular formula is C6H4BrCsO3S. The van der Waals surface area contributed by atoms with E-state index in [1.54, 1.807) is 6.07 Å². The van der Waals surface area contributed by atoms with Crippen molar-refractivity contribution in [1.29, 1.82) is 0 Å². The molecule has 12 heavy (non-hydrogen) atoms. The van der Waals surface area contributed by atoms with E-state index in [0.717, 1.165) is 0 Å². The van der Waals surface area contributed by atoms with Gasteiger partial charge in [-0.15, -0.1) is 0 Å². The minimum Gasteiger partial charge on any atom is -0.744 e. The van der Waals surface area contributed by atoms with E-state index in [-0.39, 0.29) is 73.8 Å². The molecule has 0 aromatic heterocycles. The number of rotatable bonds is 1. The summed E-state index contributed by atoms with van der Waals surface area (Å²) < 4.78 is 31.8. The second-order valence-electron chi connectivity index (χ2n) is 1.91. The van der Waals surface area contributed by atoms with Crippen LogP contribution >= 0.6 is 15.9 Å². The Morgan fingerprint density at radius 3 is 2.25 bits per heavy atom. The van der Waals surface area contributed by atoms with E-state index >= 15 is 0 Å². The summed E-state index contributed by atoms with van der Waals surface area (Å²) in [6, 6.07) is 5.67. The van der Waals surface area contributed by atoms with Gasteiger partial charge in [-0.25, -0.2) is 8.42 Å². The fourth-order valence-corrected chi connectivity index (χ4v) is 1.69. The second-order valence-corrected chi connectivity index (χ2v) is 4.21. The second kappa shape index (κ2) is 5.52. The first-order valence-corrected chi connectivity index (χ1v) is 4.92. The van der Waals surface area contributed by atoms with Crippen molar-refractivity contribution in [3.05, 3.63) is 28.7 Å². The first-order chi connectivity index (χ1) is 5.00. The summed E-state index contributed by atoms with van der Waals surface area (Å²) in [4.78, 5) is -0.216. The largest absolute Gasteiger partial charge is 1.00 e. The predicted octanol–water partition coefficient (Wildman–Crippen LogP) is -1.64. The molecule has 1 aromatic carbocycles. The Balaban J connectivity index is 0.00000121. The Labute approximate surface area is 138 Å². The van der Waals surface area contributed by atoms with Crippen LogP contribution in [0.1, 0.15) is 0 Å². The van der Waals surface area contributed by atoms with Gasteiger partial charge in [0.1, 0.15) is 10.1 Å². The predicted molar refractivity (Wildman–Crippen MR) is 42.1 cm³/mol. The SMILES string of the molecule is O=S(=O)([O-])c1cccc(Br)c1.[Cs+]. The Morgan fingerprint density at radius 1 is 1.33 bits per heavy atom. The van der Waals surface area contributed by atoms with E-state index in [2.05, 4.69) is 15.9 Å². The van der Waals surface area contributed by atoms with Crippen LogP contribution < -0.4 is 68.9 Å².